The molecule has 0 bridgehead atoms. The lowest BCUT2D eigenvalue weighted by molar-refractivity contribution is -0.118. The number of ketones is 1. The van der Waals surface area contributed by atoms with Gasteiger partial charge in [0.2, 0.25) is 5.91 Å². The molecule has 0 saturated heterocycles. The molecule has 1 heterocycles. The number of aromatic nitrogens is 1. The van der Waals surface area contributed by atoms with Crippen LogP contribution in [0.5, 0.6) is 0 Å². The van der Waals surface area contributed by atoms with Crippen LogP contribution >= 0.6 is 0 Å². The molecule has 0 aliphatic carbocycles. The van der Waals surface area contributed by atoms with Crippen molar-refractivity contribution in [2.75, 3.05) is 5.32 Å². The number of carbonyl (C=O) groups is 2. The number of hydrogen-bond acceptors (Lipinski definition) is 4. The van der Waals surface area contributed by atoms with E-state index in [2.05, 4.69) is 10.3 Å². The minimum absolute atomic E-state index is 0.155. The van der Waals surface area contributed by atoms with Gasteiger partial charge in [0.05, 0.1) is 6.04 Å². The van der Waals surface area contributed by atoms with E-state index in [1.54, 1.807) is 19.2 Å². The van der Waals surface area contributed by atoms with Gasteiger partial charge in [-0.3, -0.25) is 4.79 Å². The second kappa shape index (κ2) is 7.63. The highest BCUT2D eigenvalue weighted by Gasteiger charge is 2.12. The highest BCUT2D eigenvalue weighted by atomic mass is 16.2. The van der Waals surface area contributed by atoms with Crippen molar-refractivity contribution in [3.63, 3.8) is 0 Å². The van der Waals surface area contributed by atoms with E-state index in [1.165, 1.54) is 0 Å². The largest absolute Gasteiger partial charge is 0.320 e. The molecule has 1 rings (SSSR count). The van der Waals surface area contributed by atoms with Crippen molar-refractivity contribution in [3.8, 4) is 0 Å². The van der Waals surface area contributed by atoms with Crippen LogP contribution in [-0.2, 0) is 16.0 Å². The number of rotatable bonds is 7. The van der Waals surface area contributed by atoms with Gasteiger partial charge < -0.3 is 15.8 Å². The van der Waals surface area contributed by atoms with E-state index >= 15 is 0 Å². The molecule has 1 aromatic heterocycles. The molecule has 5 heteroatoms. The molecule has 0 spiro atoms. The Balaban J connectivity index is 2.52. The van der Waals surface area contributed by atoms with Crippen LogP contribution in [0.2, 0.25) is 0 Å². The first-order valence-corrected chi connectivity index (χ1v) is 6.53. The molecular weight excluding hydrogens is 242 g/mol. The number of aryl methyl sites for hydroxylation is 1. The summed E-state index contributed by atoms with van der Waals surface area (Å²) in [5, 5.41) is 2.68. The maximum absolute atomic E-state index is 11.7. The standard InChI is InChI=1S/C14H21N3O2/c1-3-4-12(15)14(19)17-13-8-7-11(9-16-13)6-5-10(2)18/h7-9,12H,3-6,15H2,1-2H3,(H,16,17,19). The number of anilines is 1. The van der Waals surface area contributed by atoms with E-state index < -0.39 is 6.04 Å². The molecule has 1 unspecified atom stereocenters. The number of nitrogens with zero attached hydrogens (tertiary/aromatic N) is 1. The molecule has 1 aromatic rings. The molecule has 19 heavy (non-hydrogen) atoms. The molecule has 0 aliphatic heterocycles. The lowest BCUT2D eigenvalue weighted by atomic mass is 10.1. The fraction of sp³-hybridized carbons (Fsp3) is 0.500. The molecule has 3 N–H and O–H groups in total. The summed E-state index contributed by atoms with van der Waals surface area (Å²) in [4.78, 5) is 26.7. The summed E-state index contributed by atoms with van der Waals surface area (Å²) in [5.41, 5.74) is 6.69. The van der Waals surface area contributed by atoms with Gasteiger partial charge in [-0.25, -0.2) is 4.98 Å². The summed E-state index contributed by atoms with van der Waals surface area (Å²) in [6.07, 6.45) is 4.37. The summed E-state index contributed by atoms with van der Waals surface area (Å²) < 4.78 is 0. The molecule has 104 valence electrons. The Morgan fingerprint density at radius 3 is 2.68 bits per heavy atom. The monoisotopic (exact) mass is 263 g/mol. The van der Waals surface area contributed by atoms with Gasteiger partial charge in [0, 0.05) is 12.6 Å². The number of Topliss-reactive ketones (excluding diaryl/α,β-unsaturated/α-hetero) is 1. The number of pyridine rings is 1. The number of amides is 1. The molecule has 0 fully saturated rings. The normalized spacial score (nSPS) is 11.9. The van der Waals surface area contributed by atoms with E-state index in [0.29, 0.717) is 25.1 Å². The SMILES string of the molecule is CCCC(N)C(=O)Nc1ccc(CCC(C)=O)cn1. The Morgan fingerprint density at radius 1 is 1.42 bits per heavy atom. The number of nitrogens with one attached hydrogen (secondary N) is 1. The molecule has 0 aromatic carbocycles. The summed E-state index contributed by atoms with van der Waals surface area (Å²) in [7, 11) is 0. The summed E-state index contributed by atoms with van der Waals surface area (Å²) in [6.45, 7) is 3.55. The number of nitrogens with two attached hydrogens (primary N) is 1. The van der Waals surface area contributed by atoms with Gasteiger partial charge in [-0.15, -0.1) is 0 Å². The van der Waals surface area contributed by atoms with Crippen molar-refractivity contribution >= 4 is 17.5 Å². The zero-order valence-electron chi connectivity index (χ0n) is 11.5. The zero-order valence-corrected chi connectivity index (χ0v) is 11.5. The van der Waals surface area contributed by atoms with Crippen molar-refractivity contribution in [3.05, 3.63) is 23.9 Å². The Morgan fingerprint density at radius 2 is 2.16 bits per heavy atom. The summed E-state index contributed by atoms with van der Waals surface area (Å²) in [5.74, 6) is 0.428. The van der Waals surface area contributed by atoms with Crippen molar-refractivity contribution in [2.24, 2.45) is 5.73 Å². The average molecular weight is 263 g/mol. The topological polar surface area (TPSA) is 85.1 Å². The fourth-order valence-electron chi connectivity index (χ4n) is 1.63. The third-order valence-electron chi connectivity index (χ3n) is 2.78. The van der Waals surface area contributed by atoms with E-state index in [0.717, 1.165) is 12.0 Å². The summed E-state index contributed by atoms with van der Waals surface area (Å²) in [6, 6.07) is 3.09. The van der Waals surface area contributed by atoms with Crippen LogP contribution in [0, 0.1) is 0 Å². The quantitative estimate of drug-likeness (QED) is 0.783. The maximum Gasteiger partial charge on any atom is 0.242 e. The van der Waals surface area contributed by atoms with Crippen LogP contribution in [0.1, 0.15) is 38.7 Å². The van der Waals surface area contributed by atoms with E-state index in [-0.39, 0.29) is 11.7 Å². The highest BCUT2D eigenvalue weighted by molar-refractivity contribution is 5.93. The fourth-order valence-corrected chi connectivity index (χ4v) is 1.63. The third kappa shape index (κ3) is 5.61. The predicted octanol–water partition coefficient (Wildman–Crippen LogP) is 1.67. The average Bonchev–Trinajstić information content (AvgIpc) is 2.38. The minimum Gasteiger partial charge on any atom is -0.320 e. The molecule has 1 atom stereocenters. The van der Waals surface area contributed by atoms with Crippen molar-refractivity contribution in [2.45, 2.75) is 45.6 Å². The molecular formula is C14H21N3O2. The van der Waals surface area contributed by atoms with Crippen LogP contribution in [0.15, 0.2) is 18.3 Å². The highest BCUT2D eigenvalue weighted by Crippen LogP contribution is 2.08. The van der Waals surface area contributed by atoms with Gasteiger partial charge >= 0.3 is 0 Å². The van der Waals surface area contributed by atoms with Crippen molar-refractivity contribution < 1.29 is 9.59 Å². The van der Waals surface area contributed by atoms with Crippen LogP contribution in [0.3, 0.4) is 0 Å². The first kappa shape index (κ1) is 15.3. The molecule has 0 radical (unpaired) electrons. The van der Waals surface area contributed by atoms with Gasteiger partial charge in [0.1, 0.15) is 11.6 Å². The minimum atomic E-state index is -0.496. The van der Waals surface area contributed by atoms with E-state index in [9.17, 15) is 9.59 Å². The van der Waals surface area contributed by atoms with Crippen LogP contribution in [0.25, 0.3) is 0 Å². The van der Waals surface area contributed by atoms with E-state index in [1.807, 2.05) is 13.0 Å². The van der Waals surface area contributed by atoms with Crippen LogP contribution in [-0.4, -0.2) is 22.7 Å². The summed E-state index contributed by atoms with van der Waals surface area (Å²) >= 11 is 0. The first-order valence-electron chi connectivity index (χ1n) is 6.53. The maximum atomic E-state index is 11.7. The van der Waals surface area contributed by atoms with Gasteiger partial charge in [0.25, 0.3) is 0 Å². The molecule has 1 amide bonds. The Kier molecular flexibility index (Phi) is 6.15. The molecule has 5 nitrogen and oxygen atoms in total. The number of hydrogen-bond donors (Lipinski definition) is 2. The van der Waals surface area contributed by atoms with Crippen molar-refractivity contribution in [1.82, 2.24) is 4.98 Å². The predicted molar refractivity (Wildman–Crippen MR) is 74.8 cm³/mol. The lowest BCUT2D eigenvalue weighted by Crippen LogP contribution is -2.35. The van der Waals surface area contributed by atoms with Gasteiger partial charge in [-0.2, -0.15) is 0 Å². The number of carbonyl (C=O) groups excluding carboxylic acids is 2. The second-order valence-electron chi connectivity index (χ2n) is 4.64. The van der Waals surface area contributed by atoms with Gasteiger partial charge in [0.15, 0.2) is 0 Å². The smallest absolute Gasteiger partial charge is 0.242 e. The van der Waals surface area contributed by atoms with Crippen molar-refractivity contribution in [1.29, 1.82) is 0 Å². The Hall–Kier alpha value is -1.75. The molecule has 0 saturated carbocycles. The molecule has 0 aliphatic rings. The van der Waals surface area contributed by atoms with Crippen LogP contribution in [0.4, 0.5) is 5.82 Å². The van der Waals surface area contributed by atoms with E-state index in [4.69, 9.17) is 5.73 Å². The Bertz CT molecular complexity index is 429. The zero-order chi connectivity index (χ0) is 14.3. The lowest BCUT2D eigenvalue weighted by Gasteiger charge is -2.10. The first-order chi connectivity index (χ1) is 9.02. The van der Waals surface area contributed by atoms with Gasteiger partial charge in [-0.1, -0.05) is 19.4 Å². The van der Waals surface area contributed by atoms with Gasteiger partial charge in [-0.05, 0) is 31.4 Å². The second-order valence-corrected chi connectivity index (χ2v) is 4.64. The Labute approximate surface area is 113 Å². The third-order valence-corrected chi connectivity index (χ3v) is 2.78. The van der Waals surface area contributed by atoms with Crippen LogP contribution < -0.4 is 11.1 Å².